The molecule has 8 nitrogen and oxygen atoms in total. The number of nitrogens with zero attached hydrogens (tertiary/aromatic N) is 1. The van der Waals surface area contributed by atoms with Crippen molar-refractivity contribution in [2.24, 2.45) is 0 Å². The molecule has 0 spiro atoms. The van der Waals surface area contributed by atoms with Crippen LogP contribution in [0.15, 0.2) is 23.6 Å². The number of aliphatic hydroxyl groups excluding tert-OH is 1. The molecule has 1 aromatic heterocycles. The number of anilines is 1. The molecule has 0 radical (unpaired) electrons. The number of aliphatic hydroxyl groups is 1. The first kappa shape index (κ1) is 19.2. The molecule has 0 unspecified atom stereocenters. The van der Waals surface area contributed by atoms with Crippen molar-refractivity contribution in [3.63, 3.8) is 0 Å². The predicted octanol–water partition coefficient (Wildman–Crippen LogP) is 2.06. The van der Waals surface area contributed by atoms with Gasteiger partial charge < -0.3 is 29.5 Å². The highest BCUT2D eigenvalue weighted by atomic mass is 32.1. The van der Waals surface area contributed by atoms with Crippen LogP contribution in [0.2, 0.25) is 0 Å². The van der Waals surface area contributed by atoms with Gasteiger partial charge in [-0.05, 0) is 18.1 Å². The Morgan fingerprint density at radius 3 is 3.00 bits per heavy atom. The van der Waals surface area contributed by atoms with Crippen LogP contribution in [0.1, 0.15) is 28.1 Å². The second-order valence-electron chi connectivity index (χ2n) is 7.59. The van der Waals surface area contributed by atoms with Gasteiger partial charge in [0.2, 0.25) is 5.91 Å². The molecule has 1 fully saturated rings. The van der Waals surface area contributed by atoms with Crippen LogP contribution in [0.4, 0.5) is 5.69 Å². The summed E-state index contributed by atoms with van der Waals surface area (Å²) >= 11 is 1.30. The summed E-state index contributed by atoms with van der Waals surface area (Å²) in [6.45, 7) is 1.55. The number of ether oxygens (including phenoxy) is 3. The maximum absolute atomic E-state index is 12.9. The lowest BCUT2D eigenvalue weighted by molar-refractivity contribution is -0.116. The molecule has 0 aliphatic carbocycles. The number of fused-ring (bicyclic) bond motifs is 2. The molecule has 30 heavy (non-hydrogen) atoms. The van der Waals surface area contributed by atoms with Gasteiger partial charge in [0.15, 0.2) is 11.5 Å². The van der Waals surface area contributed by atoms with E-state index in [-0.39, 0.29) is 18.4 Å². The zero-order chi connectivity index (χ0) is 20.7. The number of rotatable bonds is 3. The molecule has 5 rings (SSSR count). The summed E-state index contributed by atoms with van der Waals surface area (Å²) in [6, 6.07) is 5.60. The van der Waals surface area contributed by atoms with Gasteiger partial charge in [-0.3, -0.25) is 9.59 Å². The Labute approximate surface area is 177 Å². The van der Waals surface area contributed by atoms with Crippen LogP contribution >= 0.6 is 11.3 Å². The van der Waals surface area contributed by atoms with Gasteiger partial charge in [-0.25, -0.2) is 0 Å². The van der Waals surface area contributed by atoms with Gasteiger partial charge in [0, 0.05) is 36.5 Å². The molecule has 1 saturated heterocycles. The van der Waals surface area contributed by atoms with E-state index in [4.69, 9.17) is 14.2 Å². The number of carbonyl (C=O) groups excluding carboxylic acids is 2. The van der Waals surface area contributed by atoms with E-state index < -0.39 is 12.2 Å². The molecule has 0 bridgehead atoms. The molecule has 2 aromatic rings. The van der Waals surface area contributed by atoms with E-state index >= 15 is 0 Å². The van der Waals surface area contributed by atoms with E-state index in [1.807, 2.05) is 12.1 Å². The fraction of sp³-hybridized carbons (Fsp3) is 0.429. The van der Waals surface area contributed by atoms with E-state index in [0.717, 1.165) is 11.3 Å². The second kappa shape index (κ2) is 7.81. The van der Waals surface area contributed by atoms with Crippen LogP contribution in [-0.2, 0) is 11.2 Å². The molecule has 2 N–H and O–H groups in total. The van der Waals surface area contributed by atoms with E-state index in [0.29, 0.717) is 61.1 Å². The van der Waals surface area contributed by atoms with Crippen LogP contribution in [0.5, 0.6) is 17.2 Å². The van der Waals surface area contributed by atoms with Gasteiger partial charge in [-0.2, -0.15) is 0 Å². The first-order valence-corrected chi connectivity index (χ1v) is 10.9. The summed E-state index contributed by atoms with van der Waals surface area (Å²) in [5.41, 5.74) is 1.84. The molecule has 3 aliphatic heterocycles. The Kier molecular flexibility index (Phi) is 5.00. The smallest absolute Gasteiger partial charge is 0.267 e. The van der Waals surface area contributed by atoms with Gasteiger partial charge in [-0.15, -0.1) is 11.3 Å². The largest absolute Gasteiger partial charge is 0.488 e. The number of benzene rings is 1. The Hall–Kier alpha value is -2.78. The van der Waals surface area contributed by atoms with Crippen molar-refractivity contribution >= 4 is 28.8 Å². The zero-order valence-electron chi connectivity index (χ0n) is 16.3. The fourth-order valence-electron chi connectivity index (χ4n) is 3.99. The molecule has 1 aromatic carbocycles. The van der Waals surface area contributed by atoms with Crippen molar-refractivity contribution in [1.29, 1.82) is 0 Å². The number of aryl methyl sites for hydroxylation is 1. The lowest BCUT2D eigenvalue weighted by atomic mass is 10.0. The number of hydrogen-bond acceptors (Lipinski definition) is 7. The number of carbonyl (C=O) groups is 2. The molecule has 158 valence electrons. The Bertz CT molecular complexity index is 990. The monoisotopic (exact) mass is 430 g/mol. The van der Waals surface area contributed by atoms with Gasteiger partial charge in [0.25, 0.3) is 5.91 Å². The lowest BCUT2D eigenvalue weighted by Crippen LogP contribution is -2.51. The first-order chi connectivity index (χ1) is 14.6. The topological polar surface area (TPSA) is 97.3 Å². The van der Waals surface area contributed by atoms with Gasteiger partial charge in [-0.1, -0.05) is 6.07 Å². The van der Waals surface area contributed by atoms with Crippen LogP contribution in [0, 0.1) is 0 Å². The van der Waals surface area contributed by atoms with Crippen molar-refractivity contribution in [2.75, 3.05) is 31.6 Å². The molecular weight excluding hydrogens is 408 g/mol. The highest BCUT2D eigenvalue weighted by Gasteiger charge is 2.35. The maximum Gasteiger partial charge on any atom is 0.267 e. The van der Waals surface area contributed by atoms with Gasteiger partial charge in [0.1, 0.15) is 36.0 Å². The van der Waals surface area contributed by atoms with Crippen molar-refractivity contribution in [2.45, 2.75) is 31.5 Å². The summed E-state index contributed by atoms with van der Waals surface area (Å²) in [5.74, 6) is 1.53. The maximum atomic E-state index is 12.9. The normalized spacial score (nSPS) is 22.8. The number of piperidine rings is 1. The summed E-state index contributed by atoms with van der Waals surface area (Å²) < 4.78 is 17.1. The quantitative estimate of drug-likeness (QED) is 0.774. The summed E-state index contributed by atoms with van der Waals surface area (Å²) in [7, 11) is 0. The van der Waals surface area contributed by atoms with Gasteiger partial charge in [0.05, 0.1) is 6.54 Å². The Morgan fingerprint density at radius 2 is 2.13 bits per heavy atom. The van der Waals surface area contributed by atoms with E-state index in [1.54, 1.807) is 16.3 Å². The first-order valence-electron chi connectivity index (χ1n) is 10.0. The summed E-state index contributed by atoms with van der Waals surface area (Å²) in [4.78, 5) is 26.7. The fourth-order valence-corrected chi connectivity index (χ4v) is 4.88. The Balaban J connectivity index is 1.24. The molecule has 2 amide bonds. The van der Waals surface area contributed by atoms with Crippen LogP contribution in [0.3, 0.4) is 0 Å². The number of thiophene rings is 1. The van der Waals surface area contributed by atoms with Crippen molar-refractivity contribution in [3.05, 3.63) is 34.0 Å². The molecule has 0 saturated carbocycles. The number of hydrogen-bond donors (Lipinski definition) is 2. The van der Waals surface area contributed by atoms with Crippen LogP contribution in [0.25, 0.3) is 0 Å². The summed E-state index contributed by atoms with van der Waals surface area (Å²) in [5, 5.41) is 15.3. The average molecular weight is 430 g/mol. The SMILES string of the molecule is O=C1CCc2ccc(O[C@@H]3CCN(C(=O)c4scc5c4OCCO5)C[C@H]3O)cc2N1. The minimum atomic E-state index is -0.818. The number of nitrogens with one attached hydrogen (secondary N) is 1. The third-order valence-electron chi connectivity index (χ3n) is 5.57. The standard InChI is InChI=1S/C21H22N2O6S/c24-15-10-23(21(26)20-19-17(11-30-20)27-7-8-28-19)6-5-16(15)29-13-3-1-12-2-4-18(25)22-14(12)9-13/h1,3,9,11,15-16,24H,2,4-8,10H2,(H,22,25)/t15-,16-/m1/s1. The number of amides is 2. The van der Waals surface area contributed by atoms with E-state index in [2.05, 4.69) is 5.32 Å². The molecular formula is C21H22N2O6S. The van der Waals surface area contributed by atoms with Crippen molar-refractivity contribution < 1.29 is 28.9 Å². The van der Waals surface area contributed by atoms with Crippen LogP contribution in [-0.4, -0.2) is 60.3 Å². The Morgan fingerprint density at radius 1 is 1.27 bits per heavy atom. The third-order valence-corrected chi connectivity index (χ3v) is 6.49. The predicted molar refractivity (Wildman–Crippen MR) is 110 cm³/mol. The van der Waals surface area contributed by atoms with Gasteiger partial charge >= 0.3 is 0 Å². The highest BCUT2D eigenvalue weighted by molar-refractivity contribution is 7.12. The molecule has 3 aliphatic rings. The van der Waals surface area contributed by atoms with E-state index in [1.165, 1.54) is 11.3 Å². The van der Waals surface area contributed by atoms with E-state index in [9.17, 15) is 14.7 Å². The second-order valence-corrected chi connectivity index (χ2v) is 8.47. The average Bonchev–Trinajstić information content (AvgIpc) is 3.18. The molecule has 2 atom stereocenters. The number of β-amino-alcohol motifs (C(OH)–C–C–N with tert-alkyl or cyclic N) is 1. The minimum absolute atomic E-state index is 0.00310. The third kappa shape index (κ3) is 3.59. The molecule has 9 heteroatoms. The van der Waals surface area contributed by atoms with Crippen molar-refractivity contribution in [1.82, 2.24) is 4.90 Å². The zero-order valence-corrected chi connectivity index (χ0v) is 17.1. The van der Waals surface area contributed by atoms with Crippen molar-refractivity contribution in [3.8, 4) is 17.2 Å². The molecule has 4 heterocycles. The van der Waals surface area contributed by atoms with Crippen LogP contribution < -0.4 is 19.5 Å². The number of likely N-dealkylation sites (tertiary alicyclic amines) is 1. The highest BCUT2D eigenvalue weighted by Crippen LogP contribution is 2.40. The lowest BCUT2D eigenvalue weighted by Gasteiger charge is -2.36. The minimum Gasteiger partial charge on any atom is -0.488 e. The summed E-state index contributed by atoms with van der Waals surface area (Å²) in [6.07, 6.45) is 0.459.